The number of carbonyl (C=O) groups excluding carboxylic acids is 2. The zero-order valence-electron chi connectivity index (χ0n) is 10.3. The number of ether oxygens (including phenoxy) is 2. The van der Waals surface area contributed by atoms with Gasteiger partial charge in [0.15, 0.2) is 0 Å². The van der Waals surface area contributed by atoms with E-state index in [1.165, 1.54) is 0 Å². The quantitative estimate of drug-likeness (QED) is 0.590. The van der Waals surface area contributed by atoms with Crippen LogP contribution in [0.1, 0.15) is 18.1 Å². The number of rotatable bonds is 5. The SMILES string of the molecule is C=Cc1ccc(CCOC(=O)C(=O)OCC)cc1. The van der Waals surface area contributed by atoms with Crippen LogP contribution in [0.4, 0.5) is 0 Å². The summed E-state index contributed by atoms with van der Waals surface area (Å²) in [4.78, 5) is 22.1. The van der Waals surface area contributed by atoms with E-state index in [1.54, 1.807) is 13.0 Å². The summed E-state index contributed by atoms with van der Waals surface area (Å²) in [6.45, 7) is 5.61. The van der Waals surface area contributed by atoms with Gasteiger partial charge in [-0.2, -0.15) is 0 Å². The third-order valence-electron chi connectivity index (χ3n) is 2.28. The first-order chi connectivity index (χ1) is 8.67. The Labute approximate surface area is 106 Å². The normalized spacial score (nSPS) is 9.61. The molecule has 96 valence electrons. The molecule has 0 bridgehead atoms. The summed E-state index contributed by atoms with van der Waals surface area (Å²) >= 11 is 0. The van der Waals surface area contributed by atoms with Gasteiger partial charge in [0, 0.05) is 6.42 Å². The van der Waals surface area contributed by atoms with Gasteiger partial charge in [0.25, 0.3) is 0 Å². The van der Waals surface area contributed by atoms with Crippen molar-refractivity contribution in [3.63, 3.8) is 0 Å². The lowest BCUT2D eigenvalue weighted by atomic mass is 10.1. The van der Waals surface area contributed by atoms with Gasteiger partial charge in [0.2, 0.25) is 0 Å². The molecule has 0 amide bonds. The first-order valence-corrected chi connectivity index (χ1v) is 5.72. The van der Waals surface area contributed by atoms with E-state index >= 15 is 0 Å². The summed E-state index contributed by atoms with van der Waals surface area (Å²) in [5, 5.41) is 0. The van der Waals surface area contributed by atoms with Crippen molar-refractivity contribution in [1.82, 2.24) is 0 Å². The van der Waals surface area contributed by atoms with E-state index in [4.69, 9.17) is 4.74 Å². The van der Waals surface area contributed by atoms with Gasteiger partial charge in [-0.15, -0.1) is 0 Å². The molecule has 1 aromatic carbocycles. The van der Waals surface area contributed by atoms with Crippen molar-refractivity contribution < 1.29 is 19.1 Å². The molecule has 0 radical (unpaired) electrons. The Morgan fingerprint density at radius 3 is 2.33 bits per heavy atom. The van der Waals surface area contributed by atoms with Crippen molar-refractivity contribution in [2.75, 3.05) is 13.2 Å². The van der Waals surface area contributed by atoms with Gasteiger partial charge >= 0.3 is 11.9 Å². The first-order valence-electron chi connectivity index (χ1n) is 5.72. The van der Waals surface area contributed by atoms with Gasteiger partial charge in [0.05, 0.1) is 13.2 Å². The van der Waals surface area contributed by atoms with E-state index in [9.17, 15) is 9.59 Å². The van der Waals surface area contributed by atoms with Crippen LogP contribution in [-0.4, -0.2) is 25.2 Å². The van der Waals surface area contributed by atoms with Crippen LogP contribution in [0.15, 0.2) is 30.8 Å². The van der Waals surface area contributed by atoms with Crippen LogP contribution in [0.3, 0.4) is 0 Å². The molecular formula is C14H16O4. The highest BCUT2D eigenvalue weighted by atomic mass is 16.6. The largest absolute Gasteiger partial charge is 0.458 e. The Balaban J connectivity index is 2.34. The smallest absolute Gasteiger partial charge is 0.417 e. The minimum Gasteiger partial charge on any atom is -0.458 e. The Morgan fingerprint density at radius 1 is 1.17 bits per heavy atom. The lowest BCUT2D eigenvalue weighted by Gasteiger charge is -2.04. The summed E-state index contributed by atoms with van der Waals surface area (Å²) in [6.07, 6.45) is 2.31. The molecule has 0 N–H and O–H groups in total. The van der Waals surface area contributed by atoms with Crippen molar-refractivity contribution >= 4 is 18.0 Å². The molecule has 0 fully saturated rings. The van der Waals surface area contributed by atoms with Crippen molar-refractivity contribution in [3.8, 4) is 0 Å². The number of benzene rings is 1. The Kier molecular flexibility index (Phi) is 5.64. The average molecular weight is 248 g/mol. The second-order valence-corrected chi connectivity index (χ2v) is 3.55. The second kappa shape index (κ2) is 7.27. The minimum atomic E-state index is -0.945. The van der Waals surface area contributed by atoms with Crippen LogP contribution >= 0.6 is 0 Å². The van der Waals surface area contributed by atoms with Crippen LogP contribution < -0.4 is 0 Å². The highest BCUT2D eigenvalue weighted by molar-refractivity contribution is 6.29. The number of hydrogen-bond acceptors (Lipinski definition) is 4. The maximum absolute atomic E-state index is 11.1. The highest BCUT2D eigenvalue weighted by Gasteiger charge is 2.15. The molecule has 18 heavy (non-hydrogen) atoms. The van der Waals surface area contributed by atoms with Gasteiger partial charge in [-0.05, 0) is 18.1 Å². The van der Waals surface area contributed by atoms with E-state index in [0.29, 0.717) is 6.42 Å². The van der Waals surface area contributed by atoms with Crippen LogP contribution in [-0.2, 0) is 25.5 Å². The monoisotopic (exact) mass is 248 g/mol. The predicted molar refractivity (Wildman–Crippen MR) is 67.8 cm³/mol. The van der Waals surface area contributed by atoms with E-state index in [-0.39, 0.29) is 13.2 Å². The molecule has 1 rings (SSSR count). The number of esters is 2. The van der Waals surface area contributed by atoms with Gasteiger partial charge in [-0.3, -0.25) is 0 Å². The number of hydrogen-bond donors (Lipinski definition) is 0. The second-order valence-electron chi connectivity index (χ2n) is 3.55. The van der Waals surface area contributed by atoms with Crippen molar-refractivity contribution in [2.24, 2.45) is 0 Å². The maximum atomic E-state index is 11.1. The Bertz CT molecular complexity index is 420. The van der Waals surface area contributed by atoms with Crippen molar-refractivity contribution in [3.05, 3.63) is 42.0 Å². The van der Waals surface area contributed by atoms with E-state index in [2.05, 4.69) is 11.3 Å². The molecule has 0 unspecified atom stereocenters. The molecule has 0 aliphatic rings. The highest BCUT2D eigenvalue weighted by Crippen LogP contribution is 2.06. The molecule has 0 saturated carbocycles. The molecule has 4 heteroatoms. The van der Waals surface area contributed by atoms with E-state index < -0.39 is 11.9 Å². The fourth-order valence-electron chi connectivity index (χ4n) is 1.33. The average Bonchev–Trinajstić information content (AvgIpc) is 2.39. The van der Waals surface area contributed by atoms with E-state index in [0.717, 1.165) is 11.1 Å². The van der Waals surface area contributed by atoms with E-state index in [1.807, 2.05) is 24.3 Å². The van der Waals surface area contributed by atoms with Gasteiger partial charge in [0.1, 0.15) is 0 Å². The lowest BCUT2D eigenvalue weighted by molar-refractivity contribution is -0.167. The van der Waals surface area contributed by atoms with Crippen LogP contribution in [0.5, 0.6) is 0 Å². The lowest BCUT2D eigenvalue weighted by Crippen LogP contribution is -2.21. The molecule has 1 aromatic rings. The number of carbonyl (C=O) groups is 2. The minimum absolute atomic E-state index is 0.158. The molecule has 0 heterocycles. The standard InChI is InChI=1S/C14H16O4/c1-3-11-5-7-12(8-6-11)9-10-18-14(16)13(15)17-4-2/h3,5-8H,1,4,9-10H2,2H3. The van der Waals surface area contributed by atoms with Crippen molar-refractivity contribution in [1.29, 1.82) is 0 Å². The summed E-state index contributed by atoms with van der Waals surface area (Å²) in [5.74, 6) is -1.89. The zero-order valence-corrected chi connectivity index (χ0v) is 10.3. The molecule has 0 aliphatic heterocycles. The molecule has 0 atom stereocenters. The summed E-state index contributed by atoms with van der Waals surface area (Å²) in [5.41, 5.74) is 2.06. The molecular weight excluding hydrogens is 232 g/mol. The third-order valence-corrected chi connectivity index (χ3v) is 2.28. The molecule has 0 aromatic heterocycles. The maximum Gasteiger partial charge on any atom is 0.417 e. The molecule has 0 saturated heterocycles. The molecule has 0 spiro atoms. The van der Waals surface area contributed by atoms with Crippen LogP contribution in [0.2, 0.25) is 0 Å². The van der Waals surface area contributed by atoms with Gasteiger partial charge in [-0.25, -0.2) is 9.59 Å². The third kappa shape index (κ3) is 4.41. The molecule has 0 aliphatic carbocycles. The fraction of sp³-hybridized carbons (Fsp3) is 0.286. The van der Waals surface area contributed by atoms with Gasteiger partial charge < -0.3 is 9.47 Å². The first kappa shape index (κ1) is 14.0. The predicted octanol–water partition coefficient (Wildman–Crippen LogP) is 1.98. The van der Waals surface area contributed by atoms with Crippen molar-refractivity contribution in [2.45, 2.75) is 13.3 Å². The Hall–Kier alpha value is -2.10. The zero-order chi connectivity index (χ0) is 13.4. The fourth-order valence-corrected chi connectivity index (χ4v) is 1.33. The van der Waals surface area contributed by atoms with Crippen LogP contribution in [0.25, 0.3) is 6.08 Å². The van der Waals surface area contributed by atoms with Gasteiger partial charge in [-0.1, -0.05) is 36.9 Å². The topological polar surface area (TPSA) is 52.6 Å². The molecule has 4 nitrogen and oxygen atoms in total. The van der Waals surface area contributed by atoms with Crippen LogP contribution in [0, 0.1) is 0 Å². The summed E-state index contributed by atoms with van der Waals surface area (Å²) in [7, 11) is 0. The summed E-state index contributed by atoms with van der Waals surface area (Å²) < 4.78 is 9.30. The summed E-state index contributed by atoms with van der Waals surface area (Å²) in [6, 6.07) is 7.70. The Morgan fingerprint density at radius 2 is 1.78 bits per heavy atom.